The second-order valence-electron chi connectivity index (χ2n) is 4.63. The highest BCUT2D eigenvalue weighted by atomic mass is 35.5. The SMILES string of the molecule is NCC(c1cccc(F)c1)C(O)c1cc(F)c(Cl)cc1F. The lowest BCUT2D eigenvalue weighted by molar-refractivity contribution is 0.142. The molecule has 0 aliphatic rings. The molecule has 0 saturated heterocycles. The number of aliphatic hydroxyl groups excluding tert-OH is 1. The third-order valence-corrected chi connectivity index (χ3v) is 3.56. The van der Waals surface area contributed by atoms with E-state index in [0.29, 0.717) is 5.56 Å². The maximum atomic E-state index is 13.8. The van der Waals surface area contributed by atoms with Crippen molar-refractivity contribution in [1.82, 2.24) is 0 Å². The highest BCUT2D eigenvalue weighted by Gasteiger charge is 2.25. The van der Waals surface area contributed by atoms with Gasteiger partial charge in [0.2, 0.25) is 0 Å². The number of aliphatic hydroxyl groups is 1. The number of benzene rings is 2. The maximum absolute atomic E-state index is 13.8. The van der Waals surface area contributed by atoms with Gasteiger partial charge in [-0.3, -0.25) is 0 Å². The van der Waals surface area contributed by atoms with Gasteiger partial charge in [0.25, 0.3) is 0 Å². The Labute approximate surface area is 125 Å². The first kappa shape index (κ1) is 15.8. The highest BCUT2D eigenvalue weighted by molar-refractivity contribution is 6.30. The predicted octanol–water partition coefficient (Wildman–Crippen LogP) is 3.53. The lowest BCUT2D eigenvalue weighted by atomic mass is 9.89. The molecule has 0 amide bonds. The summed E-state index contributed by atoms with van der Waals surface area (Å²) >= 11 is 5.47. The zero-order valence-corrected chi connectivity index (χ0v) is 11.6. The van der Waals surface area contributed by atoms with Crippen LogP contribution in [0.25, 0.3) is 0 Å². The van der Waals surface area contributed by atoms with Crippen molar-refractivity contribution in [2.24, 2.45) is 5.73 Å². The molecule has 2 atom stereocenters. The van der Waals surface area contributed by atoms with Crippen LogP contribution in [0.4, 0.5) is 13.2 Å². The van der Waals surface area contributed by atoms with Gasteiger partial charge >= 0.3 is 0 Å². The summed E-state index contributed by atoms with van der Waals surface area (Å²) in [4.78, 5) is 0. The zero-order chi connectivity index (χ0) is 15.6. The summed E-state index contributed by atoms with van der Waals surface area (Å²) in [6.07, 6.45) is -1.41. The molecule has 2 aromatic carbocycles. The van der Waals surface area contributed by atoms with Gasteiger partial charge in [-0.05, 0) is 29.8 Å². The van der Waals surface area contributed by atoms with Gasteiger partial charge in [0.1, 0.15) is 17.5 Å². The fourth-order valence-corrected chi connectivity index (χ4v) is 2.32. The van der Waals surface area contributed by atoms with Crippen LogP contribution >= 0.6 is 11.6 Å². The standard InChI is InChI=1S/C15H13ClF3NO/c16-12-6-13(18)10(5-14(12)19)15(21)11(7-20)8-2-1-3-9(17)4-8/h1-6,11,15,21H,7,20H2. The van der Waals surface area contributed by atoms with Crippen LogP contribution < -0.4 is 5.73 Å². The van der Waals surface area contributed by atoms with Gasteiger partial charge in [-0.25, -0.2) is 13.2 Å². The van der Waals surface area contributed by atoms with Crippen molar-refractivity contribution in [3.05, 3.63) is 70.0 Å². The minimum atomic E-state index is -1.41. The molecule has 21 heavy (non-hydrogen) atoms. The molecule has 0 saturated carbocycles. The van der Waals surface area contributed by atoms with Crippen molar-refractivity contribution < 1.29 is 18.3 Å². The molecule has 0 heterocycles. The van der Waals surface area contributed by atoms with E-state index in [1.54, 1.807) is 6.07 Å². The molecular formula is C15H13ClF3NO. The normalized spacial score (nSPS) is 14.0. The minimum absolute atomic E-state index is 0.0612. The molecule has 2 rings (SSSR count). The van der Waals surface area contributed by atoms with Crippen molar-refractivity contribution >= 4 is 11.6 Å². The molecule has 2 unspecified atom stereocenters. The first-order valence-electron chi connectivity index (χ1n) is 6.22. The van der Waals surface area contributed by atoms with Crippen LogP contribution in [-0.2, 0) is 0 Å². The Kier molecular flexibility index (Phi) is 4.88. The molecule has 2 aromatic rings. The predicted molar refractivity (Wildman–Crippen MR) is 74.5 cm³/mol. The summed E-state index contributed by atoms with van der Waals surface area (Å²) in [5, 5.41) is 9.89. The van der Waals surface area contributed by atoms with Gasteiger partial charge in [0, 0.05) is 18.0 Å². The summed E-state index contributed by atoms with van der Waals surface area (Å²) in [5.41, 5.74) is 5.72. The molecule has 0 bridgehead atoms. The Morgan fingerprint density at radius 3 is 2.43 bits per heavy atom. The second kappa shape index (κ2) is 6.47. The maximum Gasteiger partial charge on any atom is 0.142 e. The minimum Gasteiger partial charge on any atom is -0.388 e. The van der Waals surface area contributed by atoms with E-state index in [-0.39, 0.29) is 17.1 Å². The molecule has 0 aromatic heterocycles. The lowest BCUT2D eigenvalue weighted by Crippen LogP contribution is -2.21. The van der Waals surface area contributed by atoms with E-state index in [1.165, 1.54) is 18.2 Å². The van der Waals surface area contributed by atoms with Gasteiger partial charge in [-0.2, -0.15) is 0 Å². The summed E-state index contributed by atoms with van der Waals surface area (Å²) in [6.45, 7) is -0.0612. The monoisotopic (exact) mass is 315 g/mol. The van der Waals surface area contributed by atoms with Gasteiger partial charge in [0.15, 0.2) is 0 Å². The van der Waals surface area contributed by atoms with Crippen molar-refractivity contribution in [3.63, 3.8) is 0 Å². The Bertz CT molecular complexity index is 651. The van der Waals surface area contributed by atoms with Crippen molar-refractivity contribution in [1.29, 1.82) is 0 Å². The molecule has 6 heteroatoms. The van der Waals surface area contributed by atoms with Gasteiger partial charge in [0.05, 0.1) is 11.1 Å². The van der Waals surface area contributed by atoms with E-state index in [0.717, 1.165) is 12.1 Å². The van der Waals surface area contributed by atoms with Crippen molar-refractivity contribution in [2.75, 3.05) is 6.54 Å². The first-order valence-corrected chi connectivity index (χ1v) is 6.60. The largest absolute Gasteiger partial charge is 0.388 e. The van der Waals surface area contributed by atoms with Crippen molar-refractivity contribution in [2.45, 2.75) is 12.0 Å². The second-order valence-corrected chi connectivity index (χ2v) is 5.04. The molecule has 0 aliphatic carbocycles. The average Bonchev–Trinajstić information content (AvgIpc) is 2.43. The number of hydrogen-bond acceptors (Lipinski definition) is 2. The molecule has 0 fully saturated rings. The van der Waals surface area contributed by atoms with Crippen LogP contribution in [0.2, 0.25) is 5.02 Å². The van der Waals surface area contributed by atoms with Crippen LogP contribution in [0.5, 0.6) is 0 Å². The summed E-state index contributed by atoms with van der Waals surface area (Å²) < 4.78 is 40.6. The molecular weight excluding hydrogens is 303 g/mol. The fraction of sp³-hybridized carbons (Fsp3) is 0.200. The third-order valence-electron chi connectivity index (χ3n) is 3.27. The van der Waals surface area contributed by atoms with Crippen LogP contribution in [-0.4, -0.2) is 11.7 Å². The van der Waals surface area contributed by atoms with E-state index in [1.807, 2.05) is 0 Å². The van der Waals surface area contributed by atoms with Crippen LogP contribution in [0, 0.1) is 17.5 Å². The number of nitrogens with two attached hydrogens (primary N) is 1. The summed E-state index contributed by atoms with van der Waals surface area (Å²) in [7, 11) is 0. The average molecular weight is 316 g/mol. The summed E-state index contributed by atoms with van der Waals surface area (Å²) in [6, 6.07) is 7.07. The third kappa shape index (κ3) is 3.37. The lowest BCUT2D eigenvalue weighted by Gasteiger charge is -2.23. The van der Waals surface area contributed by atoms with Gasteiger partial charge in [-0.15, -0.1) is 0 Å². The Morgan fingerprint density at radius 1 is 1.10 bits per heavy atom. The number of hydrogen-bond donors (Lipinski definition) is 2. The molecule has 0 spiro atoms. The summed E-state index contributed by atoms with van der Waals surface area (Å²) in [5.74, 6) is -2.96. The fourth-order valence-electron chi connectivity index (χ4n) is 2.17. The van der Waals surface area contributed by atoms with Gasteiger partial charge in [-0.1, -0.05) is 23.7 Å². The Morgan fingerprint density at radius 2 is 1.81 bits per heavy atom. The molecule has 0 radical (unpaired) electrons. The Balaban J connectivity index is 2.41. The van der Waals surface area contributed by atoms with E-state index in [4.69, 9.17) is 17.3 Å². The zero-order valence-electron chi connectivity index (χ0n) is 10.9. The molecule has 0 aliphatic heterocycles. The Hall–Kier alpha value is -1.56. The van der Waals surface area contributed by atoms with E-state index in [9.17, 15) is 18.3 Å². The van der Waals surface area contributed by atoms with E-state index in [2.05, 4.69) is 0 Å². The first-order chi connectivity index (χ1) is 9.93. The number of rotatable bonds is 4. The van der Waals surface area contributed by atoms with Crippen LogP contribution in [0.3, 0.4) is 0 Å². The quantitative estimate of drug-likeness (QED) is 0.848. The molecule has 3 N–H and O–H groups in total. The topological polar surface area (TPSA) is 46.2 Å². The number of halogens is 4. The molecule has 2 nitrogen and oxygen atoms in total. The molecule has 112 valence electrons. The van der Waals surface area contributed by atoms with E-state index < -0.39 is 29.5 Å². The van der Waals surface area contributed by atoms with E-state index >= 15 is 0 Å². The van der Waals surface area contributed by atoms with Crippen LogP contribution in [0.1, 0.15) is 23.1 Å². The van der Waals surface area contributed by atoms with Gasteiger partial charge < -0.3 is 10.8 Å². The highest BCUT2D eigenvalue weighted by Crippen LogP contribution is 2.33. The van der Waals surface area contributed by atoms with Crippen LogP contribution in [0.15, 0.2) is 36.4 Å². The van der Waals surface area contributed by atoms with Crippen molar-refractivity contribution in [3.8, 4) is 0 Å². The smallest absolute Gasteiger partial charge is 0.142 e.